The highest BCUT2D eigenvalue weighted by Gasteiger charge is 2.54. The zero-order chi connectivity index (χ0) is 22.7. The van der Waals surface area contributed by atoms with Crippen LogP contribution in [0.1, 0.15) is 19.5 Å². The Hall–Kier alpha value is -2.64. The van der Waals surface area contributed by atoms with Gasteiger partial charge < -0.3 is 20.6 Å². The van der Waals surface area contributed by atoms with Gasteiger partial charge >= 0.3 is 5.97 Å². The number of carbonyl (C=O) groups excluding carboxylic acids is 3. The van der Waals surface area contributed by atoms with E-state index in [2.05, 4.69) is 20.8 Å². The van der Waals surface area contributed by atoms with Gasteiger partial charge in [-0.2, -0.15) is 0 Å². The summed E-state index contributed by atoms with van der Waals surface area (Å²) in [4.78, 5) is 58.2. The Morgan fingerprint density at radius 3 is 2.87 bits per heavy atom. The molecule has 1 saturated heterocycles. The van der Waals surface area contributed by atoms with Crippen LogP contribution in [0.25, 0.3) is 0 Å². The van der Waals surface area contributed by atoms with E-state index >= 15 is 0 Å². The van der Waals surface area contributed by atoms with E-state index in [0.29, 0.717) is 17.7 Å². The number of β-lactam (4-membered cyclic amide) rings is 1. The number of aromatic nitrogens is 1. The average Bonchev–Trinajstić information content (AvgIpc) is 3.19. The van der Waals surface area contributed by atoms with Gasteiger partial charge in [-0.05, 0) is 19.4 Å². The van der Waals surface area contributed by atoms with Crippen molar-refractivity contribution < 1.29 is 29.1 Å². The molecular formula is C17H18ClN5O6S2. The first-order chi connectivity index (χ1) is 14.8. The lowest BCUT2D eigenvalue weighted by Crippen LogP contribution is -2.71. The summed E-state index contributed by atoms with van der Waals surface area (Å²) in [5.74, 6) is -2.20. The van der Waals surface area contributed by atoms with Crippen molar-refractivity contribution in [2.45, 2.75) is 31.4 Å². The lowest BCUT2D eigenvalue weighted by molar-refractivity contribution is -0.150. The van der Waals surface area contributed by atoms with Crippen LogP contribution in [0.2, 0.25) is 0 Å². The van der Waals surface area contributed by atoms with Crippen LogP contribution < -0.4 is 10.6 Å². The number of hydrogen-bond donors (Lipinski definition) is 3. The van der Waals surface area contributed by atoms with E-state index in [4.69, 9.17) is 16.4 Å². The highest BCUT2D eigenvalue weighted by molar-refractivity contribution is 8.00. The molecule has 3 N–H and O–H groups in total. The summed E-state index contributed by atoms with van der Waals surface area (Å²) in [7, 11) is 0. The minimum Gasteiger partial charge on any atom is -0.477 e. The summed E-state index contributed by atoms with van der Waals surface area (Å²) in [6.07, 6.45) is 0.135. The third-order valence-corrected chi connectivity index (χ3v) is 6.63. The Balaban J connectivity index is 1.80. The van der Waals surface area contributed by atoms with E-state index in [-0.39, 0.29) is 34.2 Å². The summed E-state index contributed by atoms with van der Waals surface area (Å²) < 4.78 is 0. The lowest BCUT2D eigenvalue weighted by atomic mass is 10.0. The largest absolute Gasteiger partial charge is 0.477 e. The molecule has 0 radical (unpaired) electrons. The van der Waals surface area contributed by atoms with Gasteiger partial charge in [0.05, 0.1) is 0 Å². The molecule has 1 fully saturated rings. The van der Waals surface area contributed by atoms with Crippen molar-refractivity contribution >= 4 is 69.7 Å². The minimum absolute atomic E-state index is 0.00745. The second-order valence-corrected chi connectivity index (χ2v) is 8.88. The summed E-state index contributed by atoms with van der Waals surface area (Å²) in [6.45, 7) is 3.44. The number of thiazole rings is 1. The van der Waals surface area contributed by atoms with Crippen molar-refractivity contribution in [1.82, 2.24) is 15.2 Å². The van der Waals surface area contributed by atoms with Gasteiger partial charge in [-0.15, -0.1) is 34.7 Å². The Morgan fingerprint density at radius 2 is 2.26 bits per heavy atom. The molecule has 0 bridgehead atoms. The number of fused-ring (bicyclic) bond motifs is 1. The number of alkyl halides is 1. The Kier molecular flexibility index (Phi) is 7.18. The van der Waals surface area contributed by atoms with Crippen LogP contribution in [0.5, 0.6) is 0 Å². The molecule has 0 aromatic carbocycles. The Bertz CT molecular complexity index is 978. The average molecular weight is 488 g/mol. The maximum atomic E-state index is 12.9. The maximum absolute atomic E-state index is 12.9. The number of aliphatic carboxylic acids is 1. The van der Waals surface area contributed by atoms with Gasteiger partial charge in [-0.1, -0.05) is 5.16 Å². The van der Waals surface area contributed by atoms with E-state index in [1.165, 1.54) is 17.1 Å². The second-order valence-electron chi connectivity index (χ2n) is 6.65. The highest BCUT2D eigenvalue weighted by atomic mass is 35.5. The zero-order valence-corrected chi connectivity index (χ0v) is 18.7. The quantitative estimate of drug-likeness (QED) is 0.152. The van der Waals surface area contributed by atoms with Crippen LogP contribution >= 0.6 is 34.7 Å². The molecule has 11 nitrogen and oxygen atoms in total. The van der Waals surface area contributed by atoms with Crippen LogP contribution in [0.15, 0.2) is 21.8 Å². The van der Waals surface area contributed by atoms with E-state index in [9.17, 15) is 24.3 Å². The third kappa shape index (κ3) is 4.67. The van der Waals surface area contributed by atoms with Crippen LogP contribution in [0.3, 0.4) is 0 Å². The first-order valence-electron chi connectivity index (χ1n) is 8.95. The fraction of sp³-hybridized carbons (Fsp3) is 0.412. The molecule has 2 aliphatic rings. The van der Waals surface area contributed by atoms with E-state index in [1.54, 1.807) is 13.8 Å². The predicted octanol–water partition coefficient (Wildman–Crippen LogP) is 0.818. The maximum Gasteiger partial charge on any atom is 0.352 e. The number of anilines is 1. The zero-order valence-electron chi connectivity index (χ0n) is 16.3. The van der Waals surface area contributed by atoms with Crippen LogP contribution in [-0.2, 0) is 24.0 Å². The topological polar surface area (TPSA) is 150 Å². The van der Waals surface area contributed by atoms with E-state index in [0.717, 1.165) is 16.2 Å². The highest BCUT2D eigenvalue weighted by Crippen LogP contribution is 2.40. The number of carboxylic acid groups (broad SMARTS) is 1. The predicted molar refractivity (Wildman–Crippen MR) is 115 cm³/mol. The number of oxime groups is 1. The van der Waals surface area contributed by atoms with Gasteiger partial charge in [-0.3, -0.25) is 19.3 Å². The van der Waals surface area contributed by atoms with Crippen LogP contribution in [0, 0.1) is 0 Å². The van der Waals surface area contributed by atoms with Crippen molar-refractivity contribution in [2.75, 3.05) is 16.9 Å². The van der Waals surface area contributed by atoms with Gasteiger partial charge in [0.2, 0.25) is 6.41 Å². The summed E-state index contributed by atoms with van der Waals surface area (Å²) >= 11 is 8.21. The van der Waals surface area contributed by atoms with Gasteiger partial charge in [0.1, 0.15) is 28.9 Å². The van der Waals surface area contributed by atoms with Crippen molar-refractivity contribution in [3.8, 4) is 0 Å². The minimum atomic E-state index is -1.25. The monoisotopic (exact) mass is 487 g/mol. The van der Waals surface area contributed by atoms with Crippen LogP contribution in [-0.4, -0.2) is 74.0 Å². The Labute approximate surface area is 189 Å². The van der Waals surface area contributed by atoms with Crippen molar-refractivity contribution in [3.05, 3.63) is 22.3 Å². The number of thioether (sulfide) groups is 1. The first-order valence-corrected chi connectivity index (χ1v) is 11.4. The SMILES string of the molecule is CC(C)ON=C(C(=O)NC1C(=O)N2C(C(=O)O)=C(CCl)CS[C@@H]12)c1csc(NC=O)n1. The van der Waals surface area contributed by atoms with Gasteiger partial charge in [0.25, 0.3) is 11.8 Å². The third-order valence-electron chi connectivity index (χ3n) is 4.20. The standard InChI is InChI=1S/C17H18ClN5O6S2/c1-7(2)29-22-10(9-5-31-17(20-9)19-6-24)13(25)21-11-14(26)23-12(16(27)28)8(3-18)4-30-15(11)23/h5-7,11,15H,3-4H2,1-2H3,(H,21,25)(H,27,28)(H,19,20,24)/t11?,15-/m0/s1. The number of rotatable bonds is 9. The number of carbonyl (C=O) groups is 4. The van der Waals surface area contributed by atoms with Gasteiger partial charge in [0.15, 0.2) is 10.8 Å². The number of amides is 3. The van der Waals surface area contributed by atoms with Crippen molar-refractivity contribution in [2.24, 2.45) is 5.16 Å². The fourth-order valence-electron chi connectivity index (χ4n) is 2.86. The molecule has 31 heavy (non-hydrogen) atoms. The molecule has 2 aliphatic heterocycles. The first kappa shape index (κ1) is 23.0. The summed E-state index contributed by atoms with van der Waals surface area (Å²) in [5.41, 5.74) is 0.281. The summed E-state index contributed by atoms with van der Waals surface area (Å²) in [5, 5.41) is 19.5. The molecule has 3 amide bonds. The molecule has 1 aromatic rings. The van der Waals surface area contributed by atoms with Gasteiger partial charge in [0, 0.05) is 17.0 Å². The van der Waals surface area contributed by atoms with E-state index < -0.39 is 29.2 Å². The van der Waals surface area contributed by atoms with Crippen LogP contribution in [0.4, 0.5) is 5.13 Å². The number of carboxylic acids is 1. The van der Waals surface area contributed by atoms with Gasteiger partial charge in [-0.25, -0.2) is 9.78 Å². The van der Waals surface area contributed by atoms with Crippen molar-refractivity contribution in [3.63, 3.8) is 0 Å². The smallest absolute Gasteiger partial charge is 0.352 e. The number of halogens is 1. The molecule has 0 spiro atoms. The number of nitrogens with zero attached hydrogens (tertiary/aromatic N) is 3. The van der Waals surface area contributed by atoms with E-state index in [1.807, 2.05) is 0 Å². The molecule has 2 atom stereocenters. The molecule has 3 heterocycles. The summed E-state index contributed by atoms with van der Waals surface area (Å²) in [6, 6.07) is -0.945. The number of nitrogens with one attached hydrogen (secondary N) is 2. The molecule has 166 valence electrons. The van der Waals surface area contributed by atoms with Crippen molar-refractivity contribution in [1.29, 1.82) is 0 Å². The second kappa shape index (κ2) is 9.66. The molecule has 3 rings (SSSR count). The Morgan fingerprint density at radius 1 is 1.52 bits per heavy atom. The molecule has 1 unspecified atom stereocenters. The molecule has 1 aromatic heterocycles. The lowest BCUT2D eigenvalue weighted by Gasteiger charge is -2.49. The molecule has 0 saturated carbocycles. The number of hydrogen-bond acceptors (Lipinski definition) is 9. The fourth-order valence-corrected chi connectivity index (χ4v) is 5.19. The molecule has 0 aliphatic carbocycles. The normalized spacial score (nSPS) is 20.8. The molecular weight excluding hydrogens is 470 g/mol. The molecule has 14 heteroatoms.